The third kappa shape index (κ3) is 6.63. The highest BCUT2D eigenvalue weighted by Crippen LogP contribution is 2.28. The molecule has 0 bridgehead atoms. The van der Waals surface area contributed by atoms with Gasteiger partial charge in [0.05, 0.1) is 19.8 Å². The first-order chi connectivity index (χ1) is 12.0. The third-order valence-corrected chi connectivity index (χ3v) is 5.70. The summed E-state index contributed by atoms with van der Waals surface area (Å²) in [5.41, 5.74) is 1.15. The van der Waals surface area contributed by atoms with Gasteiger partial charge in [0.1, 0.15) is 5.75 Å². The lowest BCUT2D eigenvalue weighted by Gasteiger charge is -2.32. The van der Waals surface area contributed by atoms with E-state index in [0.717, 1.165) is 54.2 Å². The minimum Gasteiger partial charge on any atom is -0.493 e. The lowest BCUT2D eigenvalue weighted by molar-refractivity contribution is -0.144. The van der Waals surface area contributed by atoms with Gasteiger partial charge in [0.2, 0.25) is 0 Å². The zero-order valence-electron chi connectivity index (χ0n) is 15.6. The Labute approximate surface area is 160 Å². The van der Waals surface area contributed by atoms with Crippen LogP contribution in [0.3, 0.4) is 0 Å². The lowest BCUT2D eigenvalue weighted by atomic mass is 9.88. The van der Waals surface area contributed by atoms with Crippen molar-refractivity contribution in [3.8, 4) is 5.75 Å². The number of nitrogens with zero attached hydrogens (tertiary/aromatic N) is 1. The minimum absolute atomic E-state index is 0.105. The molecule has 25 heavy (non-hydrogen) atoms. The van der Waals surface area contributed by atoms with Crippen LogP contribution in [0, 0.1) is 18.8 Å². The Kier molecular flexibility index (Phi) is 8.24. The van der Waals surface area contributed by atoms with E-state index in [1.807, 2.05) is 25.1 Å². The van der Waals surface area contributed by atoms with Gasteiger partial charge in [-0.3, -0.25) is 9.69 Å². The molecule has 1 atom stereocenters. The summed E-state index contributed by atoms with van der Waals surface area (Å²) in [6.45, 7) is 9.81. The highest BCUT2D eigenvalue weighted by atomic mass is 79.9. The zero-order chi connectivity index (χ0) is 18.2. The van der Waals surface area contributed by atoms with Crippen molar-refractivity contribution in [3.63, 3.8) is 0 Å². The quantitative estimate of drug-likeness (QED) is 0.592. The van der Waals surface area contributed by atoms with Crippen LogP contribution in [0.2, 0.25) is 0 Å². The van der Waals surface area contributed by atoms with Crippen molar-refractivity contribution in [1.29, 1.82) is 0 Å². The van der Waals surface area contributed by atoms with Crippen LogP contribution >= 0.6 is 15.9 Å². The number of esters is 1. The molecule has 1 unspecified atom stereocenters. The summed E-state index contributed by atoms with van der Waals surface area (Å²) in [6, 6.07) is 6.08. The molecule has 140 valence electrons. The second kappa shape index (κ2) is 10.2. The van der Waals surface area contributed by atoms with Gasteiger partial charge in [-0.2, -0.15) is 0 Å². The number of hydrogen-bond acceptors (Lipinski definition) is 4. The minimum atomic E-state index is -0.105. The first-order valence-corrected chi connectivity index (χ1v) is 10.0. The Morgan fingerprint density at radius 2 is 2.08 bits per heavy atom. The molecule has 0 spiro atoms. The molecular weight excluding hydrogens is 382 g/mol. The van der Waals surface area contributed by atoms with E-state index in [2.05, 4.69) is 34.7 Å². The summed E-state index contributed by atoms with van der Waals surface area (Å²) < 4.78 is 12.1. The van der Waals surface area contributed by atoms with Crippen molar-refractivity contribution in [2.24, 2.45) is 11.8 Å². The van der Waals surface area contributed by atoms with Crippen LogP contribution in [0.4, 0.5) is 0 Å². The Morgan fingerprint density at radius 3 is 2.76 bits per heavy atom. The van der Waals surface area contributed by atoms with Gasteiger partial charge in [-0.15, -0.1) is 0 Å². The van der Waals surface area contributed by atoms with E-state index in [4.69, 9.17) is 9.47 Å². The maximum Gasteiger partial charge on any atom is 0.320 e. The maximum atomic E-state index is 11.6. The highest BCUT2D eigenvalue weighted by molar-refractivity contribution is 9.10. The molecule has 0 amide bonds. The molecule has 1 aliphatic rings. The average Bonchev–Trinajstić information content (AvgIpc) is 2.58. The van der Waals surface area contributed by atoms with Gasteiger partial charge in [0.25, 0.3) is 0 Å². The molecule has 1 aromatic carbocycles. The zero-order valence-corrected chi connectivity index (χ0v) is 17.2. The number of rotatable bonds is 8. The summed E-state index contributed by atoms with van der Waals surface area (Å²) in [7, 11) is 0. The SMILES string of the molecule is CCOC(=O)CN1CCC(CC(C)COc2cccc(Br)c2C)CC1. The molecule has 0 N–H and O–H groups in total. The van der Waals surface area contributed by atoms with Crippen molar-refractivity contribution in [2.75, 3.05) is 32.8 Å². The smallest absolute Gasteiger partial charge is 0.320 e. The van der Waals surface area contributed by atoms with Gasteiger partial charge in [-0.05, 0) is 70.2 Å². The first kappa shape index (κ1) is 20.2. The number of halogens is 1. The van der Waals surface area contributed by atoms with E-state index in [0.29, 0.717) is 19.1 Å². The molecule has 1 fully saturated rings. The molecule has 0 aromatic heterocycles. The largest absolute Gasteiger partial charge is 0.493 e. The summed E-state index contributed by atoms with van der Waals surface area (Å²) >= 11 is 3.55. The summed E-state index contributed by atoms with van der Waals surface area (Å²) in [4.78, 5) is 13.8. The molecular formula is C20H30BrNO3. The molecule has 0 aliphatic carbocycles. The van der Waals surface area contributed by atoms with E-state index in [9.17, 15) is 4.79 Å². The number of carbonyl (C=O) groups excluding carboxylic acids is 1. The molecule has 1 saturated heterocycles. The number of carbonyl (C=O) groups is 1. The van der Waals surface area contributed by atoms with Gasteiger partial charge in [0, 0.05) is 10.0 Å². The van der Waals surface area contributed by atoms with Crippen molar-refractivity contribution in [3.05, 3.63) is 28.2 Å². The second-order valence-electron chi connectivity index (χ2n) is 7.04. The van der Waals surface area contributed by atoms with Crippen LogP contribution in [-0.4, -0.2) is 43.7 Å². The van der Waals surface area contributed by atoms with E-state index in [-0.39, 0.29) is 5.97 Å². The van der Waals surface area contributed by atoms with Crippen molar-refractivity contribution in [2.45, 2.75) is 40.0 Å². The summed E-state index contributed by atoms with van der Waals surface area (Å²) in [5, 5.41) is 0. The van der Waals surface area contributed by atoms with Crippen LogP contribution in [0.25, 0.3) is 0 Å². The fourth-order valence-electron chi connectivity index (χ4n) is 3.38. The van der Waals surface area contributed by atoms with E-state index in [1.165, 1.54) is 6.42 Å². The Hall–Kier alpha value is -1.07. The molecule has 1 aliphatic heterocycles. The number of hydrogen-bond donors (Lipinski definition) is 0. The number of ether oxygens (including phenoxy) is 2. The average molecular weight is 412 g/mol. The predicted molar refractivity (Wildman–Crippen MR) is 104 cm³/mol. The van der Waals surface area contributed by atoms with Gasteiger partial charge < -0.3 is 9.47 Å². The van der Waals surface area contributed by atoms with Crippen molar-refractivity contribution < 1.29 is 14.3 Å². The normalized spacial score (nSPS) is 17.3. The molecule has 5 heteroatoms. The summed E-state index contributed by atoms with van der Waals surface area (Å²) in [5.74, 6) is 2.11. The third-order valence-electron chi connectivity index (χ3n) is 4.84. The second-order valence-corrected chi connectivity index (χ2v) is 7.89. The van der Waals surface area contributed by atoms with Crippen LogP contribution in [-0.2, 0) is 9.53 Å². The Bertz CT molecular complexity index is 556. The molecule has 0 radical (unpaired) electrons. The monoisotopic (exact) mass is 411 g/mol. The predicted octanol–water partition coefficient (Wildman–Crippen LogP) is 4.44. The van der Waals surface area contributed by atoms with Crippen LogP contribution in [0.15, 0.2) is 22.7 Å². The van der Waals surface area contributed by atoms with Gasteiger partial charge >= 0.3 is 5.97 Å². The van der Waals surface area contributed by atoms with Crippen LogP contribution in [0.1, 0.15) is 38.7 Å². The van der Waals surface area contributed by atoms with Gasteiger partial charge in [0.15, 0.2) is 0 Å². The van der Waals surface area contributed by atoms with E-state index < -0.39 is 0 Å². The number of benzene rings is 1. The van der Waals surface area contributed by atoms with Gasteiger partial charge in [-0.25, -0.2) is 0 Å². The number of likely N-dealkylation sites (tertiary alicyclic amines) is 1. The highest BCUT2D eigenvalue weighted by Gasteiger charge is 2.23. The van der Waals surface area contributed by atoms with Gasteiger partial charge in [-0.1, -0.05) is 28.9 Å². The fraction of sp³-hybridized carbons (Fsp3) is 0.650. The first-order valence-electron chi connectivity index (χ1n) is 9.25. The Balaban J connectivity index is 1.69. The number of piperidine rings is 1. The fourth-order valence-corrected chi connectivity index (χ4v) is 3.73. The lowest BCUT2D eigenvalue weighted by Crippen LogP contribution is -2.38. The molecule has 1 aromatic rings. The standard InChI is InChI=1S/C20H30BrNO3/c1-4-24-20(23)13-22-10-8-17(9-11-22)12-15(2)14-25-19-7-5-6-18(21)16(19)3/h5-7,15,17H,4,8-14H2,1-3H3. The molecule has 2 rings (SSSR count). The molecule has 4 nitrogen and oxygen atoms in total. The maximum absolute atomic E-state index is 11.6. The van der Waals surface area contributed by atoms with Crippen LogP contribution in [0.5, 0.6) is 5.75 Å². The topological polar surface area (TPSA) is 38.8 Å². The molecule has 0 saturated carbocycles. The van der Waals surface area contributed by atoms with E-state index >= 15 is 0 Å². The van der Waals surface area contributed by atoms with Crippen molar-refractivity contribution >= 4 is 21.9 Å². The Morgan fingerprint density at radius 1 is 1.36 bits per heavy atom. The van der Waals surface area contributed by atoms with Crippen molar-refractivity contribution in [1.82, 2.24) is 4.90 Å². The molecule has 1 heterocycles. The van der Waals surface area contributed by atoms with Crippen LogP contribution < -0.4 is 4.74 Å². The van der Waals surface area contributed by atoms with E-state index in [1.54, 1.807) is 0 Å². The summed E-state index contributed by atoms with van der Waals surface area (Å²) in [6.07, 6.45) is 3.49.